The van der Waals surface area contributed by atoms with Gasteiger partial charge in [0.05, 0.1) is 33.4 Å². The zero-order valence-corrected chi connectivity index (χ0v) is 27.9. The molecule has 0 radical (unpaired) electrons. The van der Waals surface area contributed by atoms with Crippen molar-refractivity contribution in [3.8, 4) is 22.8 Å². The van der Waals surface area contributed by atoms with Crippen LogP contribution in [-0.4, -0.2) is 23.1 Å². The summed E-state index contributed by atoms with van der Waals surface area (Å²) < 4.78 is 7.14. The lowest BCUT2D eigenvalue weighted by Gasteiger charge is -2.38. The molecule has 0 spiro atoms. The highest BCUT2D eigenvalue weighted by Gasteiger charge is 2.35. The fraction of sp³-hybridized carbons (Fsp3) is 0.140. The summed E-state index contributed by atoms with van der Waals surface area (Å²) in [5.41, 5.74) is 11.7. The molecule has 2 aliphatic rings. The molecule has 49 heavy (non-hydrogen) atoms. The number of para-hydroxylation sites is 2. The fourth-order valence-electron chi connectivity index (χ4n) is 7.45. The number of fused-ring (bicyclic) bond motifs is 3. The van der Waals surface area contributed by atoms with Gasteiger partial charge in [0.15, 0.2) is 0 Å². The first-order valence-corrected chi connectivity index (χ1v) is 17.9. The Hall–Kier alpha value is -5.30. The van der Waals surface area contributed by atoms with Gasteiger partial charge in [0.1, 0.15) is 11.5 Å². The van der Waals surface area contributed by atoms with E-state index in [1.807, 2.05) is 30.5 Å². The van der Waals surface area contributed by atoms with E-state index in [0.717, 1.165) is 87.2 Å². The predicted octanol–water partition coefficient (Wildman–Crippen LogP) is 10.5. The van der Waals surface area contributed by atoms with Crippen LogP contribution in [0.1, 0.15) is 34.7 Å². The number of hydrogen-bond donors (Lipinski definition) is 2. The van der Waals surface area contributed by atoms with E-state index >= 15 is 0 Å². The average Bonchev–Trinajstić information content (AvgIpc) is 3.60. The average molecular weight is 657 g/mol. The van der Waals surface area contributed by atoms with Crippen molar-refractivity contribution in [3.05, 3.63) is 162 Å². The van der Waals surface area contributed by atoms with Crippen LogP contribution in [0.2, 0.25) is 0 Å². The lowest BCUT2D eigenvalue weighted by molar-refractivity contribution is 0.451. The monoisotopic (exact) mass is 656 g/mol. The van der Waals surface area contributed by atoms with E-state index < -0.39 is 0 Å². The normalized spacial score (nSPS) is 15.5. The van der Waals surface area contributed by atoms with Crippen LogP contribution in [0.25, 0.3) is 22.3 Å². The van der Waals surface area contributed by atoms with Crippen molar-refractivity contribution in [3.63, 3.8) is 0 Å². The van der Waals surface area contributed by atoms with Crippen LogP contribution in [0.3, 0.4) is 0 Å². The lowest BCUT2D eigenvalue weighted by Crippen LogP contribution is -2.33. The molecule has 0 saturated carbocycles. The van der Waals surface area contributed by atoms with Crippen molar-refractivity contribution >= 4 is 34.2 Å². The van der Waals surface area contributed by atoms with Gasteiger partial charge in [-0.15, -0.1) is 0 Å². The molecule has 2 N–H and O–H groups in total. The van der Waals surface area contributed by atoms with Gasteiger partial charge in [-0.3, -0.25) is 4.98 Å². The van der Waals surface area contributed by atoms with Gasteiger partial charge in [0.25, 0.3) is 0 Å². The number of rotatable bonds is 7. The molecule has 5 aromatic carbocycles. The first-order chi connectivity index (χ1) is 24.3. The Morgan fingerprint density at radius 1 is 0.755 bits per heavy atom. The first-order valence-electron chi connectivity index (χ1n) is 17.1. The maximum absolute atomic E-state index is 7.14. The minimum Gasteiger partial charge on any atom is -0.456 e. The molecule has 4 heterocycles. The molecule has 1 unspecified atom stereocenters. The standard InChI is InChI=1S/C43H36N4OS/c1-3-16-31(17-4-1)48-43-39(49-32-18-5-2-6-19-32)27-34(36-28-37-35(46-36)21-11-24-44-37)42(47-26-12-15-30-14-8-10-22-38(30)47)40(43)41-33-20-9-7-13-29(33)23-25-45-41/h1-11,13-14,16-22,24,27-28,41,45-46H,12,15,23,25-26H2. The number of ether oxygens (including phenoxy) is 1. The van der Waals surface area contributed by atoms with Crippen LogP contribution in [0.5, 0.6) is 11.5 Å². The van der Waals surface area contributed by atoms with Gasteiger partial charge in [0.2, 0.25) is 0 Å². The van der Waals surface area contributed by atoms with Gasteiger partial charge < -0.3 is 19.9 Å². The molecular formula is C43H36N4OS. The summed E-state index contributed by atoms with van der Waals surface area (Å²) in [6.07, 6.45) is 4.98. The maximum Gasteiger partial charge on any atom is 0.148 e. The largest absolute Gasteiger partial charge is 0.456 e. The van der Waals surface area contributed by atoms with Crippen molar-refractivity contribution in [2.24, 2.45) is 0 Å². The summed E-state index contributed by atoms with van der Waals surface area (Å²) in [7, 11) is 0. The highest BCUT2D eigenvalue weighted by atomic mass is 32.2. The Morgan fingerprint density at radius 2 is 1.53 bits per heavy atom. The van der Waals surface area contributed by atoms with E-state index in [2.05, 4.69) is 124 Å². The molecule has 240 valence electrons. The van der Waals surface area contributed by atoms with E-state index in [4.69, 9.17) is 9.72 Å². The molecule has 7 aromatic rings. The van der Waals surface area contributed by atoms with Crippen molar-refractivity contribution in [1.29, 1.82) is 0 Å². The first kappa shape index (κ1) is 29.8. The summed E-state index contributed by atoms with van der Waals surface area (Å²) in [6.45, 7) is 1.78. The van der Waals surface area contributed by atoms with Gasteiger partial charge in [-0.05, 0) is 90.6 Å². The van der Waals surface area contributed by atoms with Gasteiger partial charge in [0, 0.05) is 41.0 Å². The summed E-state index contributed by atoms with van der Waals surface area (Å²) >= 11 is 1.75. The van der Waals surface area contributed by atoms with Crippen LogP contribution < -0.4 is 15.0 Å². The second-order valence-corrected chi connectivity index (χ2v) is 13.8. The van der Waals surface area contributed by atoms with Crippen molar-refractivity contribution in [2.45, 2.75) is 35.1 Å². The number of H-pyrrole nitrogens is 1. The number of hydrogen-bond acceptors (Lipinski definition) is 5. The van der Waals surface area contributed by atoms with Crippen LogP contribution in [0.15, 0.2) is 149 Å². The van der Waals surface area contributed by atoms with E-state index in [1.165, 1.54) is 22.4 Å². The molecule has 9 rings (SSSR count). The Kier molecular flexibility index (Phi) is 7.88. The molecule has 2 aliphatic heterocycles. The molecule has 0 saturated heterocycles. The highest BCUT2D eigenvalue weighted by molar-refractivity contribution is 7.99. The number of benzene rings is 5. The smallest absolute Gasteiger partial charge is 0.148 e. The van der Waals surface area contributed by atoms with E-state index in [0.29, 0.717) is 0 Å². The zero-order valence-electron chi connectivity index (χ0n) is 27.1. The molecule has 2 aromatic heterocycles. The van der Waals surface area contributed by atoms with Crippen molar-refractivity contribution in [2.75, 3.05) is 18.0 Å². The summed E-state index contributed by atoms with van der Waals surface area (Å²) in [5, 5.41) is 3.98. The van der Waals surface area contributed by atoms with E-state index in [9.17, 15) is 0 Å². The number of nitrogens with one attached hydrogen (secondary N) is 2. The third-order valence-corrected chi connectivity index (χ3v) is 10.7. The molecule has 6 heteroatoms. The molecule has 1 atom stereocenters. The minimum absolute atomic E-state index is 0.0923. The summed E-state index contributed by atoms with van der Waals surface area (Å²) in [6, 6.07) is 47.2. The number of pyridine rings is 1. The van der Waals surface area contributed by atoms with E-state index in [-0.39, 0.29) is 6.04 Å². The topological polar surface area (TPSA) is 53.2 Å². The van der Waals surface area contributed by atoms with Crippen molar-refractivity contribution in [1.82, 2.24) is 15.3 Å². The number of anilines is 2. The molecule has 0 amide bonds. The van der Waals surface area contributed by atoms with Crippen LogP contribution >= 0.6 is 11.8 Å². The number of aromatic nitrogens is 2. The van der Waals surface area contributed by atoms with E-state index in [1.54, 1.807) is 11.8 Å². The molecule has 5 nitrogen and oxygen atoms in total. The Balaban J connectivity index is 1.40. The lowest BCUT2D eigenvalue weighted by atomic mass is 9.86. The summed E-state index contributed by atoms with van der Waals surface area (Å²) in [5.74, 6) is 1.70. The fourth-order valence-corrected chi connectivity index (χ4v) is 8.41. The van der Waals surface area contributed by atoms with Crippen LogP contribution in [0.4, 0.5) is 11.4 Å². The van der Waals surface area contributed by atoms with Crippen LogP contribution in [0, 0.1) is 0 Å². The van der Waals surface area contributed by atoms with Crippen LogP contribution in [-0.2, 0) is 12.8 Å². The quantitative estimate of drug-likeness (QED) is 0.179. The Morgan fingerprint density at radius 3 is 2.39 bits per heavy atom. The SMILES string of the molecule is c1ccc(Oc2c(Sc3ccccc3)cc(-c3cc4ncccc4[nH]3)c(N3CCCc4ccccc43)c2C2NCCc3ccccc32)cc1. The minimum atomic E-state index is -0.0923. The number of nitrogens with zero attached hydrogens (tertiary/aromatic N) is 2. The van der Waals surface area contributed by atoms with Crippen molar-refractivity contribution < 1.29 is 4.74 Å². The zero-order chi connectivity index (χ0) is 32.6. The molecule has 0 aliphatic carbocycles. The second-order valence-electron chi connectivity index (χ2n) is 12.7. The molecule has 0 bridgehead atoms. The molecule has 0 fully saturated rings. The Labute approximate surface area is 291 Å². The highest BCUT2D eigenvalue weighted by Crippen LogP contribution is 2.54. The third kappa shape index (κ3) is 5.67. The second kappa shape index (κ2) is 13.0. The summed E-state index contributed by atoms with van der Waals surface area (Å²) in [4.78, 5) is 13.3. The van der Waals surface area contributed by atoms with Gasteiger partial charge in [-0.1, -0.05) is 90.6 Å². The predicted molar refractivity (Wildman–Crippen MR) is 200 cm³/mol. The van der Waals surface area contributed by atoms with Gasteiger partial charge in [-0.25, -0.2) is 0 Å². The number of aryl methyl sites for hydroxylation is 1. The van der Waals surface area contributed by atoms with Gasteiger partial charge >= 0.3 is 0 Å². The van der Waals surface area contributed by atoms with Gasteiger partial charge in [-0.2, -0.15) is 0 Å². The maximum atomic E-state index is 7.14. The molecular weight excluding hydrogens is 621 g/mol. The Bertz CT molecular complexity index is 2230. The third-order valence-electron chi connectivity index (χ3n) is 9.65. The number of aromatic amines is 1.